The van der Waals surface area contributed by atoms with E-state index in [1.54, 1.807) is 30.5 Å². The molecule has 17 heavy (non-hydrogen) atoms. The van der Waals surface area contributed by atoms with E-state index < -0.39 is 5.97 Å². The highest BCUT2D eigenvalue weighted by Gasteiger charge is 2.05. The van der Waals surface area contributed by atoms with Crippen molar-refractivity contribution in [2.24, 2.45) is 0 Å². The van der Waals surface area contributed by atoms with E-state index in [4.69, 9.17) is 14.3 Å². The first-order valence-electron chi connectivity index (χ1n) is 5.05. The Hall–Kier alpha value is -2.14. The topological polar surface area (TPSA) is 72.6 Å². The van der Waals surface area contributed by atoms with Crippen molar-refractivity contribution in [3.05, 3.63) is 53.7 Å². The number of nitrogens with zero attached hydrogens (tertiary/aromatic N) is 1. The van der Waals surface area contributed by atoms with E-state index in [1.165, 1.54) is 6.07 Å². The number of hydrogen-bond donors (Lipinski definition) is 1. The molecule has 0 unspecified atom stereocenters. The minimum atomic E-state index is -1.04. The number of furan rings is 1. The van der Waals surface area contributed by atoms with Crippen molar-refractivity contribution in [3.63, 3.8) is 0 Å². The highest BCUT2D eigenvalue weighted by molar-refractivity contribution is 5.85. The van der Waals surface area contributed by atoms with E-state index in [2.05, 4.69) is 4.98 Å². The summed E-state index contributed by atoms with van der Waals surface area (Å²) in [7, 11) is 0. The molecule has 0 fully saturated rings. The number of aromatic nitrogens is 1. The molecule has 5 nitrogen and oxygen atoms in total. The van der Waals surface area contributed by atoms with Gasteiger partial charge in [-0.3, -0.25) is 0 Å². The minimum Gasteiger partial charge on any atom is -0.477 e. The molecule has 2 rings (SSSR count). The summed E-state index contributed by atoms with van der Waals surface area (Å²) >= 11 is 0. The highest BCUT2D eigenvalue weighted by atomic mass is 16.5. The van der Waals surface area contributed by atoms with Crippen LogP contribution < -0.4 is 0 Å². The van der Waals surface area contributed by atoms with Crippen LogP contribution in [0.1, 0.15) is 21.9 Å². The molecule has 0 saturated carbocycles. The Labute approximate surface area is 97.7 Å². The highest BCUT2D eigenvalue weighted by Crippen LogP contribution is 2.05. The fourth-order valence-corrected chi connectivity index (χ4v) is 1.33. The van der Waals surface area contributed by atoms with Crippen LogP contribution in [0.5, 0.6) is 0 Å². The summed E-state index contributed by atoms with van der Waals surface area (Å²) in [6, 6.07) is 8.39. The van der Waals surface area contributed by atoms with Gasteiger partial charge in [-0.05, 0) is 24.3 Å². The Kier molecular flexibility index (Phi) is 3.52. The zero-order valence-corrected chi connectivity index (χ0v) is 9.00. The summed E-state index contributed by atoms with van der Waals surface area (Å²) in [4.78, 5) is 14.6. The van der Waals surface area contributed by atoms with Crippen molar-refractivity contribution < 1.29 is 19.1 Å². The van der Waals surface area contributed by atoms with Gasteiger partial charge in [0.15, 0.2) is 0 Å². The zero-order chi connectivity index (χ0) is 12.1. The summed E-state index contributed by atoms with van der Waals surface area (Å²) in [5.74, 6) is -0.322. The number of rotatable bonds is 5. The van der Waals surface area contributed by atoms with Crippen LogP contribution >= 0.6 is 0 Å². The second-order valence-electron chi connectivity index (χ2n) is 3.39. The standard InChI is InChI=1S/C12H11NO4/c14-12(15)11-5-1-3-9(13-11)7-16-8-10-4-2-6-17-10/h1-6H,7-8H2,(H,14,15). The molecule has 0 bridgehead atoms. The third kappa shape index (κ3) is 3.15. The molecule has 2 heterocycles. The van der Waals surface area contributed by atoms with E-state index in [0.717, 1.165) is 5.76 Å². The summed E-state index contributed by atoms with van der Waals surface area (Å²) in [6.07, 6.45) is 1.57. The first-order valence-corrected chi connectivity index (χ1v) is 5.05. The molecule has 0 spiro atoms. The molecule has 0 aliphatic heterocycles. The molecule has 0 saturated heterocycles. The van der Waals surface area contributed by atoms with Crippen LogP contribution in [-0.4, -0.2) is 16.1 Å². The van der Waals surface area contributed by atoms with Crippen LogP contribution in [0.25, 0.3) is 0 Å². The van der Waals surface area contributed by atoms with Gasteiger partial charge in [-0.1, -0.05) is 6.07 Å². The molecule has 2 aromatic rings. The van der Waals surface area contributed by atoms with Crippen LogP contribution in [-0.2, 0) is 18.0 Å². The lowest BCUT2D eigenvalue weighted by Gasteiger charge is -2.02. The Morgan fingerprint density at radius 3 is 2.88 bits per heavy atom. The number of carbonyl (C=O) groups is 1. The number of ether oxygens (including phenoxy) is 1. The lowest BCUT2D eigenvalue weighted by Crippen LogP contribution is -2.03. The number of carboxylic acids is 1. The lowest BCUT2D eigenvalue weighted by molar-refractivity contribution is 0.0686. The third-order valence-corrected chi connectivity index (χ3v) is 2.10. The smallest absolute Gasteiger partial charge is 0.354 e. The van der Waals surface area contributed by atoms with Gasteiger partial charge in [-0.15, -0.1) is 0 Å². The Morgan fingerprint density at radius 1 is 1.29 bits per heavy atom. The van der Waals surface area contributed by atoms with E-state index in [0.29, 0.717) is 12.3 Å². The largest absolute Gasteiger partial charge is 0.477 e. The molecule has 0 aliphatic rings. The number of hydrogen-bond acceptors (Lipinski definition) is 4. The maximum Gasteiger partial charge on any atom is 0.354 e. The summed E-state index contributed by atoms with van der Waals surface area (Å²) in [6.45, 7) is 0.591. The van der Waals surface area contributed by atoms with Crippen molar-refractivity contribution in [3.8, 4) is 0 Å². The molecular formula is C12H11NO4. The molecule has 0 atom stereocenters. The molecule has 2 aromatic heterocycles. The van der Waals surface area contributed by atoms with Crippen molar-refractivity contribution in [1.29, 1.82) is 0 Å². The molecule has 0 amide bonds. The van der Waals surface area contributed by atoms with Crippen molar-refractivity contribution >= 4 is 5.97 Å². The Balaban J connectivity index is 1.90. The molecule has 0 aromatic carbocycles. The number of aromatic carboxylic acids is 1. The molecule has 5 heteroatoms. The van der Waals surface area contributed by atoms with Gasteiger partial charge in [0.1, 0.15) is 18.1 Å². The SMILES string of the molecule is O=C(O)c1cccc(COCc2ccco2)n1. The Morgan fingerprint density at radius 2 is 2.18 bits per heavy atom. The average Bonchev–Trinajstić information content (AvgIpc) is 2.82. The first-order chi connectivity index (χ1) is 8.25. The van der Waals surface area contributed by atoms with Gasteiger partial charge in [0, 0.05) is 0 Å². The van der Waals surface area contributed by atoms with Gasteiger partial charge < -0.3 is 14.3 Å². The molecular weight excluding hydrogens is 222 g/mol. The maximum absolute atomic E-state index is 10.7. The summed E-state index contributed by atoms with van der Waals surface area (Å²) < 4.78 is 10.4. The second kappa shape index (κ2) is 5.27. The van der Waals surface area contributed by atoms with Gasteiger partial charge in [0.2, 0.25) is 0 Å². The average molecular weight is 233 g/mol. The minimum absolute atomic E-state index is 0.0177. The van der Waals surface area contributed by atoms with Crippen LogP contribution in [0.4, 0.5) is 0 Å². The predicted octanol–water partition coefficient (Wildman–Crippen LogP) is 2.09. The quantitative estimate of drug-likeness (QED) is 0.856. The summed E-state index contributed by atoms with van der Waals surface area (Å²) in [5, 5.41) is 8.77. The van der Waals surface area contributed by atoms with Crippen molar-refractivity contribution in [2.45, 2.75) is 13.2 Å². The number of carboxylic acid groups (broad SMARTS) is 1. The van der Waals surface area contributed by atoms with Crippen LogP contribution in [0.3, 0.4) is 0 Å². The summed E-state index contributed by atoms with van der Waals surface area (Å²) in [5.41, 5.74) is 0.598. The van der Waals surface area contributed by atoms with Gasteiger partial charge in [0.05, 0.1) is 18.6 Å². The van der Waals surface area contributed by atoms with Crippen LogP contribution in [0.15, 0.2) is 41.0 Å². The first kappa shape index (κ1) is 11.3. The lowest BCUT2D eigenvalue weighted by atomic mass is 10.3. The van der Waals surface area contributed by atoms with Crippen LogP contribution in [0, 0.1) is 0 Å². The molecule has 88 valence electrons. The van der Waals surface area contributed by atoms with Crippen LogP contribution in [0.2, 0.25) is 0 Å². The van der Waals surface area contributed by atoms with Gasteiger partial charge in [-0.25, -0.2) is 9.78 Å². The van der Waals surface area contributed by atoms with Gasteiger partial charge in [-0.2, -0.15) is 0 Å². The normalized spacial score (nSPS) is 10.4. The van der Waals surface area contributed by atoms with Crippen molar-refractivity contribution in [2.75, 3.05) is 0 Å². The fourth-order valence-electron chi connectivity index (χ4n) is 1.33. The number of pyridine rings is 1. The van der Waals surface area contributed by atoms with E-state index in [1.807, 2.05) is 0 Å². The van der Waals surface area contributed by atoms with E-state index in [9.17, 15) is 4.79 Å². The van der Waals surface area contributed by atoms with Crippen molar-refractivity contribution in [1.82, 2.24) is 4.98 Å². The molecule has 0 aliphatic carbocycles. The second-order valence-corrected chi connectivity index (χ2v) is 3.39. The predicted molar refractivity (Wildman–Crippen MR) is 58.4 cm³/mol. The maximum atomic E-state index is 10.7. The fraction of sp³-hybridized carbons (Fsp3) is 0.167. The Bertz CT molecular complexity index is 493. The monoisotopic (exact) mass is 233 g/mol. The van der Waals surface area contributed by atoms with Gasteiger partial charge >= 0.3 is 5.97 Å². The van der Waals surface area contributed by atoms with E-state index >= 15 is 0 Å². The third-order valence-electron chi connectivity index (χ3n) is 2.10. The molecule has 1 N–H and O–H groups in total. The zero-order valence-electron chi connectivity index (χ0n) is 9.00. The van der Waals surface area contributed by atoms with E-state index in [-0.39, 0.29) is 12.3 Å². The van der Waals surface area contributed by atoms with Gasteiger partial charge in [0.25, 0.3) is 0 Å². The molecule has 0 radical (unpaired) electrons.